The number of hydrogen-bond donors (Lipinski definition) is 1. The number of nitrogens with one attached hydrogen (secondary N) is 1. The van der Waals surface area contributed by atoms with Crippen molar-refractivity contribution in [3.8, 4) is 11.1 Å². The molecule has 2 rings (SSSR count). The minimum absolute atomic E-state index is 0.249. The van der Waals surface area contributed by atoms with Gasteiger partial charge >= 0.3 is 12.1 Å². The van der Waals surface area contributed by atoms with Gasteiger partial charge in [-0.15, -0.1) is 11.3 Å². The number of benzene rings is 1. The van der Waals surface area contributed by atoms with Crippen LogP contribution >= 0.6 is 27.3 Å². The molecule has 0 atom stereocenters. The van der Waals surface area contributed by atoms with Gasteiger partial charge in [0, 0.05) is 14.9 Å². The van der Waals surface area contributed by atoms with Crippen molar-refractivity contribution in [2.75, 3.05) is 11.9 Å². The van der Waals surface area contributed by atoms with Crippen LogP contribution in [0.1, 0.15) is 42.9 Å². The molecule has 5 nitrogen and oxygen atoms in total. The van der Waals surface area contributed by atoms with Gasteiger partial charge in [0.25, 0.3) is 0 Å². The van der Waals surface area contributed by atoms with Gasteiger partial charge in [0.1, 0.15) is 16.2 Å². The fourth-order valence-electron chi connectivity index (χ4n) is 2.39. The first-order chi connectivity index (χ1) is 12.1. The molecule has 0 unspecified atom stereocenters. The van der Waals surface area contributed by atoms with Crippen LogP contribution in [0.25, 0.3) is 11.1 Å². The van der Waals surface area contributed by atoms with Gasteiger partial charge in [0.05, 0.1) is 6.61 Å². The minimum Gasteiger partial charge on any atom is -0.462 e. The van der Waals surface area contributed by atoms with Gasteiger partial charge in [-0.1, -0.05) is 28.1 Å². The molecule has 0 aliphatic carbocycles. The summed E-state index contributed by atoms with van der Waals surface area (Å²) < 4.78 is 11.5. The molecule has 1 N–H and O–H groups in total. The predicted molar refractivity (Wildman–Crippen MR) is 108 cm³/mol. The summed E-state index contributed by atoms with van der Waals surface area (Å²) in [4.78, 5) is 25.7. The number of carbonyl (C=O) groups excluding carboxylic acids is 2. The number of amides is 1. The van der Waals surface area contributed by atoms with Crippen molar-refractivity contribution in [1.82, 2.24) is 0 Å². The van der Waals surface area contributed by atoms with Crippen molar-refractivity contribution in [2.45, 2.75) is 40.2 Å². The molecule has 0 saturated carbocycles. The van der Waals surface area contributed by atoms with E-state index >= 15 is 0 Å². The summed E-state index contributed by atoms with van der Waals surface area (Å²) in [6, 6.07) is 7.64. The Kier molecular flexibility index (Phi) is 6.47. The van der Waals surface area contributed by atoms with Gasteiger partial charge < -0.3 is 9.47 Å². The summed E-state index contributed by atoms with van der Waals surface area (Å²) in [5, 5.41) is 3.12. The number of aryl methyl sites for hydroxylation is 1. The number of esters is 1. The first kappa shape index (κ1) is 20.5. The maximum absolute atomic E-state index is 12.6. The van der Waals surface area contributed by atoms with Crippen LogP contribution < -0.4 is 5.32 Å². The summed E-state index contributed by atoms with van der Waals surface area (Å²) in [6.45, 7) is 9.26. The van der Waals surface area contributed by atoms with E-state index in [2.05, 4.69) is 21.2 Å². The lowest BCUT2D eigenvalue weighted by Crippen LogP contribution is -2.27. The Hall–Kier alpha value is -1.86. The molecule has 1 aromatic heterocycles. The van der Waals surface area contributed by atoms with Crippen LogP contribution in [0.5, 0.6) is 0 Å². The number of rotatable bonds is 4. The van der Waals surface area contributed by atoms with E-state index in [1.165, 1.54) is 11.3 Å². The molecule has 7 heteroatoms. The molecule has 1 amide bonds. The van der Waals surface area contributed by atoms with E-state index in [0.717, 1.165) is 20.5 Å². The van der Waals surface area contributed by atoms with E-state index in [0.29, 0.717) is 10.6 Å². The molecule has 0 aliphatic heterocycles. The van der Waals surface area contributed by atoms with E-state index in [9.17, 15) is 9.59 Å². The number of anilines is 1. The molecule has 2 aromatic rings. The van der Waals surface area contributed by atoms with Gasteiger partial charge in [-0.2, -0.15) is 0 Å². The first-order valence-electron chi connectivity index (χ1n) is 8.19. The van der Waals surface area contributed by atoms with Crippen LogP contribution in [0, 0.1) is 6.92 Å². The fraction of sp³-hybridized carbons (Fsp3) is 0.368. The summed E-state index contributed by atoms with van der Waals surface area (Å²) in [6.07, 6.45) is -0.605. The van der Waals surface area contributed by atoms with Crippen LogP contribution in [-0.4, -0.2) is 24.3 Å². The molecule has 0 saturated heterocycles. The first-order valence-corrected chi connectivity index (χ1v) is 9.79. The van der Waals surface area contributed by atoms with Crippen molar-refractivity contribution in [2.24, 2.45) is 0 Å². The van der Waals surface area contributed by atoms with E-state index < -0.39 is 17.7 Å². The molecule has 1 heterocycles. The lowest BCUT2D eigenvalue weighted by atomic mass is 10.0. The molecule has 140 valence electrons. The van der Waals surface area contributed by atoms with E-state index in [-0.39, 0.29) is 6.61 Å². The lowest BCUT2D eigenvalue weighted by molar-refractivity contribution is 0.0529. The van der Waals surface area contributed by atoms with Gasteiger partial charge in [-0.25, -0.2) is 9.59 Å². The Morgan fingerprint density at radius 1 is 1.19 bits per heavy atom. The van der Waals surface area contributed by atoms with Gasteiger partial charge in [-0.3, -0.25) is 5.32 Å². The zero-order valence-corrected chi connectivity index (χ0v) is 17.8. The Morgan fingerprint density at radius 2 is 1.81 bits per heavy atom. The summed E-state index contributed by atoms with van der Waals surface area (Å²) in [5.41, 5.74) is 1.35. The number of ether oxygens (including phenoxy) is 2. The predicted octanol–water partition coefficient (Wildman–Crippen LogP) is 6.01. The summed E-state index contributed by atoms with van der Waals surface area (Å²) in [5.74, 6) is -0.471. The number of hydrogen-bond acceptors (Lipinski definition) is 5. The van der Waals surface area contributed by atoms with Crippen LogP contribution in [-0.2, 0) is 9.47 Å². The Morgan fingerprint density at radius 3 is 2.35 bits per heavy atom. The highest BCUT2D eigenvalue weighted by Crippen LogP contribution is 2.40. The molecule has 0 radical (unpaired) electrons. The number of thiophene rings is 1. The van der Waals surface area contributed by atoms with Gasteiger partial charge in [-0.05, 0) is 52.3 Å². The standard InChI is InChI=1S/C19H22BrNO4S/c1-6-24-17(22)15-14(12-7-9-13(20)10-8-12)11(2)26-16(15)21-18(23)25-19(3,4)5/h7-10H,6H2,1-5H3,(H,21,23). The third-order valence-electron chi connectivity index (χ3n) is 3.31. The Labute approximate surface area is 165 Å². The molecule has 0 aliphatic rings. The summed E-state index contributed by atoms with van der Waals surface area (Å²) in [7, 11) is 0. The average molecular weight is 440 g/mol. The van der Waals surface area contributed by atoms with Crippen LogP contribution in [0.2, 0.25) is 0 Å². The molecular formula is C19H22BrNO4S. The van der Waals surface area contributed by atoms with Crippen molar-refractivity contribution < 1.29 is 19.1 Å². The van der Waals surface area contributed by atoms with Crippen molar-refractivity contribution in [3.05, 3.63) is 39.2 Å². The van der Waals surface area contributed by atoms with E-state index in [4.69, 9.17) is 9.47 Å². The zero-order valence-electron chi connectivity index (χ0n) is 15.4. The highest BCUT2D eigenvalue weighted by Gasteiger charge is 2.26. The van der Waals surface area contributed by atoms with E-state index in [1.54, 1.807) is 27.7 Å². The maximum atomic E-state index is 12.6. The molecule has 0 spiro atoms. The second-order valence-corrected chi connectivity index (χ2v) is 8.73. The second kappa shape index (κ2) is 8.22. The molecule has 26 heavy (non-hydrogen) atoms. The topological polar surface area (TPSA) is 64.6 Å². The molecule has 1 aromatic carbocycles. The molecule has 0 fully saturated rings. The average Bonchev–Trinajstić information content (AvgIpc) is 2.82. The van der Waals surface area contributed by atoms with Crippen molar-refractivity contribution in [3.63, 3.8) is 0 Å². The molecule has 0 bridgehead atoms. The van der Waals surface area contributed by atoms with E-state index in [1.807, 2.05) is 31.2 Å². The zero-order chi connectivity index (χ0) is 19.5. The van der Waals surface area contributed by atoms with Crippen LogP contribution in [0.4, 0.5) is 9.80 Å². The Bertz CT molecular complexity index is 806. The highest BCUT2D eigenvalue weighted by molar-refractivity contribution is 9.10. The number of carbonyl (C=O) groups is 2. The normalized spacial score (nSPS) is 11.2. The lowest BCUT2D eigenvalue weighted by Gasteiger charge is -2.19. The number of halogens is 1. The van der Waals surface area contributed by atoms with Crippen molar-refractivity contribution in [1.29, 1.82) is 0 Å². The van der Waals surface area contributed by atoms with Gasteiger partial charge in [0.15, 0.2) is 0 Å². The third-order valence-corrected chi connectivity index (χ3v) is 4.86. The maximum Gasteiger partial charge on any atom is 0.412 e. The van der Waals surface area contributed by atoms with Gasteiger partial charge in [0.2, 0.25) is 0 Å². The highest BCUT2D eigenvalue weighted by atomic mass is 79.9. The SMILES string of the molecule is CCOC(=O)c1c(NC(=O)OC(C)(C)C)sc(C)c1-c1ccc(Br)cc1. The monoisotopic (exact) mass is 439 g/mol. The molecular weight excluding hydrogens is 418 g/mol. The van der Waals surface area contributed by atoms with Crippen LogP contribution in [0.15, 0.2) is 28.7 Å². The van der Waals surface area contributed by atoms with Crippen LogP contribution in [0.3, 0.4) is 0 Å². The smallest absolute Gasteiger partial charge is 0.412 e. The summed E-state index contributed by atoms with van der Waals surface area (Å²) >= 11 is 4.74. The fourth-order valence-corrected chi connectivity index (χ4v) is 3.71. The minimum atomic E-state index is -0.630. The Balaban J connectivity index is 2.48. The van der Waals surface area contributed by atoms with Crippen molar-refractivity contribution >= 4 is 44.3 Å². The third kappa shape index (κ3) is 5.08. The largest absolute Gasteiger partial charge is 0.462 e. The second-order valence-electron chi connectivity index (χ2n) is 6.59. The quantitative estimate of drug-likeness (QED) is 0.592.